The van der Waals surface area contributed by atoms with Crippen molar-refractivity contribution < 1.29 is 0 Å². The number of aliphatic imine (C=N–C) groups is 1. The topological polar surface area (TPSA) is 36.4 Å². The first kappa shape index (κ1) is 18.8. The van der Waals surface area contributed by atoms with Gasteiger partial charge in [0.15, 0.2) is 0 Å². The molecule has 0 aliphatic heterocycles. The average molecular weight is 330 g/mol. The quantitative estimate of drug-likeness (QED) is 0.481. The molecule has 0 bridgehead atoms. The molecule has 0 amide bonds. The summed E-state index contributed by atoms with van der Waals surface area (Å²) in [6.07, 6.45) is 9.24. The van der Waals surface area contributed by atoms with Crippen molar-refractivity contribution in [3.8, 4) is 0 Å². The minimum Gasteiger partial charge on any atom is -0.385 e. The fraction of sp³-hybridized carbons (Fsp3) is 0.667. The summed E-state index contributed by atoms with van der Waals surface area (Å²) in [6.45, 7) is 17.8. The van der Waals surface area contributed by atoms with E-state index in [1.54, 1.807) is 0 Å². The van der Waals surface area contributed by atoms with Crippen LogP contribution < -0.4 is 10.6 Å². The Balaban J connectivity index is 2.07. The van der Waals surface area contributed by atoms with Crippen molar-refractivity contribution in [1.82, 2.24) is 10.6 Å². The summed E-state index contributed by atoms with van der Waals surface area (Å²) in [7, 11) is 0. The van der Waals surface area contributed by atoms with Crippen LogP contribution in [0, 0.1) is 5.92 Å². The van der Waals surface area contributed by atoms with Crippen LogP contribution in [0.4, 0.5) is 0 Å². The van der Waals surface area contributed by atoms with Gasteiger partial charge in [0.2, 0.25) is 0 Å². The normalized spacial score (nSPS) is 20.7. The summed E-state index contributed by atoms with van der Waals surface area (Å²) in [5.74, 6) is 1.69. The lowest BCUT2D eigenvalue weighted by atomic mass is 9.89. The van der Waals surface area contributed by atoms with Gasteiger partial charge in [0.05, 0.1) is 0 Å². The molecule has 2 saturated carbocycles. The van der Waals surface area contributed by atoms with E-state index in [1.807, 2.05) is 0 Å². The highest BCUT2D eigenvalue weighted by molar-refractivity contribution is 5.49. The molecule has 134 valence electrons. The molecule has 0 spiro atoms. The summed E-state index contributed by atoms with van der Waals surface area (Å²) in [5.41, 5.74) is 4.80. The van der Waals surface area contributed by atoms with Crippen molar-refractivity contribution in [3.05, 3.63) is 34.8 Å². The molecule has 0 heterocycles. The number of rotatable bonds is 8. The van der Waals surface area contributed by atoms with Crippen LogP contribution >= 0.6 is 0 Å². The monoisotopic (exact) mass is 329 g/mol. The van der Waals surface area contributed by atoms with Gasteiger partial charge in [0, 0.05) is 28.9 Å². The average Bonchev–Trinajstić information content (AvgIpc) is 3.29. The molecule has 0 atom stereocenters. The molecule has 3 heteroatoms. The molecule has 2 N–H and O–H groups in total. The molecule has 0 saturated heterocycles. The van der Waals surface area contributed by atoms with Crippen LogP contribution in [0.3, 0.4) is 0 Å². The molecule has 0 aromatic rings. The van der Waals surface area contributed by atoms with Crippen molar-refractivity contribution in [2.45, 2.75) is 78.2 Å². The summed E-state index contributed by atoms with van der Waals surface area (Å²) >= 11 is 0. The lowest BCUT2D eigenvalue weighted by molar-refractivity contribution is 0.351. The molecular formula is C21H35N3. The zero-order valence-electron chi connectivity index (χ0n) is 16.1. The molecule has 0 unspecified atom stereocenters. The van der Waals surface area contributed by atoms with Crippen molar-refractivity contribution in [1.29, 1.82) is 0 Å². The fourth-order valence-electron chi connectivity index (χ4n) is 3.62. The van der Waals surface area contributed by atoms with Gasteiger partial charge in [-0.3, -0.25) is 0 Å². The Morgan fingerprint density at radius 3 is 2.25 bits per heavy atom. The van der Waals surface area contributed by atoms with E-state index in [0.717, 1.165) is 29.6 Å². The molecule has 2 aliphatic rings. The van der Waals surface area contributed by atoms with Gasteiger partial charge in [0.1, 0.15) is 5.82 Å². The fourth-order valence-corrected chi connectivity index (χ4v) is 3.62. The van der Waals surface area contributed by atoms with Crippen LogP contribution in [0.15, 0.2) is 39.8 Å². The molecule has 0 aromatic carbocycles. The van der Waals surface area contributed by atoms with E-state index in [9.17, 15) is 0 Å². The predicted octanol–water partition coefficient (Wildman–Crippen LogP) is 5.08. The highest BCUT2D eigenvalue weighted by Gasteiger charge is 2.38. The maximum absolute atomic E-state index is 4.32. The van der Waals surface area contributed by atoms with Crippen molar-refractivity contribution >= 4 is 6.72 Å². The minimum absolute atomic E-state index is 0.196. The van der Waals surface area contributed by atoms with Gasteiger partial charge in [-0.25, -0.2) is 4.99 Å². The van der Waals surface area contributed by atoms with Crippen LogP contribution in [-0.4, -0.2) is 18.8 Å². The van der Waals surface area contributed by atoms with E-state index in [0.29, 0.717) is 0 Å². The molecule has 2 rings (SSSR count). The van der Waals surface area contributed by atoms with Gasteiger partial charge in [-0.2, -0.15) is 0 Å². The van der Waals surface area contributed by atoms with E-state index >= 15 is 0 Å². The largest absolute Gasteiger partial charge is 0.385 e. The van der Waals surface area contributed by atoms with Crippen molar-refractivity contribution in [2.75, 3.05) is 6.54 Å². The lowest BCUT2D eigenvalue weighted by Crippen LogP contribution is -2.28. The lowest BCUT2D eigenvalue weighted by Gasteiger charge is -2.25. The van der Waals surface area contributed by atoms with Gasteiger partial charge in [-0.15, -0.1) is 0 Å². The van der Waals surface area contributed by atoms with E-state index < -0.39 is 0 Å². The SMILES string of the molecule is C=N/C(NC1(C)CC1)=C(\C)C(C(=C)NCC1CCCCC1)=C(C)C. The maximum atomic E-state index is 4.32. The molecular weight excluding hydrogens is 294 g/mol. The zero-order valence-corrected chi connectivity index (χ0v) is 16.1. The Labute approximate surface area is 148 Å². The van der Waals surface area contributed by atoms with E-state index in [2.05, 4.69) is 56.6 Å². The third kappa shape index (κ3) is 4.99. The predicted molar refractivity (Wildman–Crippen MR) is 105 cm³/mol. The van der Waals surface area contributed by atoms with Gasteiger partial charge in [0.25, 0.3) is 0 Å². The zero-order chi connectivity index (χ0) is 17.7. The molecule has 3 nitrogen and oxygen atoms in total. The number of nitrogens with one attached hydrogen (secondary N) is 2. The molecule has 0 radical (unpaired) electrons. The molecule has 2 aliphatic carbocycles. The maximum Gasteiger partial charge on any atom is 0.129 e. The second-order valence-electron chi connectivity index (χ2n) is 8.06. The first-order valence-corrected chi connectivity index (χ1v) is 9.43. The molecule has 24 heavy (non-hydrogen) atoms. The first-order chi connectivity index (χ1) is 11.4. The van der Waals surface area contributed by atoms with Crippen LogP contribution in [-0.2, 0) is 0 Å². The van der Waals surface area contributed by atoms with E-state index in [-0.39, 0.29) is 5.54 Å². The van der Waals surface area contributed by atoms with Gasteiger partial charge < -0.3 is 10.6 Å². The highest BCUT2D eigenvalue weighted by atomic mass is 15.1. The Hall–Kier alpha value is -1.51. The Kier molecular flexibility index (Phi) is 6.31. The molecule has 0 aromatic heterocycles. The van der Waals surface area contributed by atoms with Gasteiger partial charge in [-0.05, 0) is 66.0 Å². The third-order valence-electron chi connectivity index (χ3n) is 5.44. The van der Waals surface area contributed by atoms with Crippen LogP contribution in [0.5, 0.6) is 0 Å². The second-order valence-corrected chi connectivity index (χ2v) is 8.06. The second kappa shape index (κ2) is 8.04. The van der Waals surface area contributed by atoms with Gasteiger partial charge >= 0.3 is 0 Å². The number of allylic oxidation sites excluding steroid dienone is 2. The van der Waals surface area contributed by atoms with E-state index in [1.165, 1.54) is 56.1 Å². The van der Waals surface area contributed by atoms with Crippen LogP contribution in [0.1, 0.15) is 72.6 Å². The summed E-state index contributed by atoms with van der Waals surface area (Å²) in [4.78, 5) is 4.26. The van der Waals surface area contributed by atoms with Crippen LogP contribution in [0.2, 0.25) is 0 Å². The number of hydrogen-bond acceptors (Lipinski definition) is 3. The summed E-state index contributed by atoms with van der Waals surface area (Å²) in [6, 6.07) is 0. The Morgan fingerprint density at radius 1 is 1.12 bits per heavy atom. The highest BCUT2D eigenvalue weighted by Crippen LogP contribution is 2.36. The molecule has 2 fully saturated rings. The van der Waals surface area contributed by atoms with Crippen LogP contribution in [0.25, 0.3) is 0 Å². The number of hydrogen-bond donors (Lipinski definition) is 2. The first-order valence-electron chi connectivity index (χ1n) is 9.43. The van der Waals surface area contributed by atoms with E-state index in [4.69, 9.17) is 0 Å². The summed E-state index contributed by atoms with van der Waals surface area (Å²) < 4.78 is 0. The third-order valence-corrected chi connectivity index (χ3v) is 5.44. The van der Waals surface area contributed by atoms with Crippen molar-refractivity contribution in [3.63, 3.8) is 0 Å². The summed E-state index contributed by atoms with van der Waals surface area (Å²) in [5, 5.41) is 7.16. The minimum atomic E-state index is 0.196. The number of nitrogens with zero attached hydrogens (tertiary/aromatic N) is 1. The Bertz CT molecular complexity index is 539. The standard InChI is InChI=1S/C21H35N3/c1-15(2)19(16(3)20(22-6)24-21(5)12-13-21)17(4)23-14-18-10-8-7-9-11-18/h18,23-24H,4,6-14H2,1-3,5H3/b20-16-. The van der Waals surface area contributed by atoms with Crippen molar-refractivity contribution in [2.24, 2.45) is 10.9 Å². The Morgan fingerprint density at radius 2 is 1.75 bits per heavy atom. The smallest absolute Gasteiger partial charge is 0.129 e. The van der Waals surface area contributed by atoms with Gasteiger partial charge in [-0.1, -0.05) is 31.4 Å².